The summed E-state index contributed by atoms with van der Waals surface area (Å²) in [6.07, 6.45) is 5.64. The van der Waals surface area contributed by atoms with Crippen molar-refractivity contribution in [3.05, 3.63) is 69.7 Å². The Balaban J connectivity index is 1.44. The van der Waals surface area contributed by atoms with Gasteiger partial charge in [-0.25, -0.2) is 4.98 Å². The van der Waals surface area contributed by atoms with Crippen LogP contribution in [0.5, 0.6) is 0 Å². The number of aromatic nitrogens is 4. The van der Waals surface area contributed by atoms with E-state index in [9.17, 15) is 9.59 Å². The van der Waals surface area contributed by atoms with Crippen LogP contribution in [-0.2, 0) is 11.3 Å². The maximum absolute atomic E-state index is 13.8. The summed E-state index contributed by atoms with van der Waals surface area (Å²) in [7, 11) is 0. The molecule has 0 atom stereocenters. The van der Waals surface area contributed by atoms with Crippen molar-refractivity contribution in [2.45, 2.75) is 45.6 Å². The monoisotopic (exact) mass is 559 g/mol. The first kappa shape index (κ1) is 27.7. The Morgan fingerprint density at radius 3 is 2.65 bits per heavy atom. The molecular formula is C30H34ClN7O2. The molecule has 1 amide bonds. The molecule has 0 radical (unpaired) electrons. The maximum atomic E-state index is 13.8. The number of pyridine rings is 2. The number of carbonyl (C=O) groups is 1. The number of hydrogen-bond acceptors (Lipinski definition) is 7. The number of hydrogen-bond donors (Lipinski definition) is 2. The molecule has 5 rings (SSSR count). The fourth-order valence-electron chi connectivity index (χ4n) is 5.07. The maximum Gasteiger partial charge on any atom is 0.260 e. The number of rotatable bonds is 11. The SMILES string of the molecule is Cc1cccc(-c2ccc(-c3cc4cnc(NCCCN5CCCC5=O)nc4n(CCCCN)c3=O)c(Cl)c2)n1. The van der Waals surface area contributed by atoms with Crippen LogP contribution in [0.25, 0.3) is 33.4 Å². The Hall–Kier alpha value is -3.82. The van der Waals surface area contributed by atoms with Gasteiger partial charge < -0.3 is 16.0 Å². The van der Waals surface area contributed by atoms with Crippen LogP contribution in [0.4, 0.5) is 5.95 Å². The highest BCUT2D eigenvalue weighted by atomic mass is 35.5. The van der Waals surface area contributed by atoms with E-state index in [0.717, 1.165) is 54.6 Å². The van der Waals surface area contributed by atoms with Crippen molar-refractivity contribution in [2.24, 2.45) is 5.73 Å². The van der Waals surface area contributed by atoms with Crippen LogP contribution in [0.15, 0.2) is 53.5 Å². The van der Waals surface area contributed by atoms with Crippen molar-refractivity contribution in [3.63, 3.8) is 0 Å². The molecule has 1 saturated heterocycles. The number of fused-ring (bicyclic) bond motifs is 1. The van der Waals surface area contributed by atoms with Gasteiger partial charge in [0.05, 0.1) is 5.69 Å². The fraction of sp³-hybridized carbons (Fsp3) is 0.367. The van der Waals surface area contributed by atoms with Gasteiger partial charge in [0.25, 0.3) is 5.56 Å². The lowest BCUT2D eigenvalue weighted by atomic mass is 10.0. The van der Waals surface area contributed by atoms with Crippen LogP contribution < -0.4 is 16.6 Å². The van der Waals surface area contributed by atoms with Crippen LogP contribution in [0.3, 0.4) is 0 Å². The summed E-state index contributed by atoms with van der Waals surface area (Å²) < 4.78 is 1.70. The number of halogens is 1. The van der Waals surface area contributed by atoms with E-state index in [1.807, 2.05) is 54.3 Å². The Labute approximate surface area is 238 Å². The quantitative estimate of drug-likeness (QED) is 0.257. The lowest BCUT2D eigenvalue weighted by Gasteiger charge is -2.16. The third kappa shape index (κ3) is 6.16. The van der Waals surface area contributed by atoms with Crippen molar-refractivity contribution in [2.75, 3.05) is 31.5 Å². The molecule has 1 fully saturated rings. The first-order valence-corrected chi connectivity index (χ1v) is 14.2. The van der Waals surface area contributed by atoms with Crippen molar-refractivity contribution >= 4 is 34.5 Å². The molecule has 4 heterocycles. The van der Waals surface area contributed by atoms with Gasteiger partial charge in [-0.15, -0.1) is 0 Å². The number of anilines is 1. The van der Waals surface area contributed by atoms with E-state index < -0.39 is 0 Å². The summed E-state index contributed by atoms with van der Waals surface area (Å²) in [6, 6.07) is 13.3. The number of likely N-dealkylation sites (tertiary alicyclic amines) is 1. The number of nitrogens with one attached hydrogen (secondary N) is 1. The van der Waals surface area contributed by atoms with Gasteiger partial charge in [0.1, 0.15) is 5.65 Å². The average molecular weight is 560 g/mol. The Kier molecular flexibility index (Phi) is 8.72. The van der Waals surface area contributed by atoms with E-state index in [0.29, 0.717) is 60.3 Å². The fourth-order valence-corrected chi connectivity index (χ4v) is 5.35. The van der Waals surface area contributed by atoms with Crippen molar-refractivity contribution in [1.29, 1.82) is 0 Å². The van der Waals surface area contributed by atoms with Gasteiger partial charge in [0.15, 0.2) is 0 Å². The predicted octanol–water partition coefficient (Wildman–Crippen LogP) is 4.65. The molecule has 1 aromatic carbocycles. The number of unbranched alkanes of at least 4 members (excludes halogenated alkanes) is 1. The Bertz CT molecular complexity index is 1590. The molecule has 3 aromatic heterocycles. The van der Waals surface area contributed by atoms with Gasteiger partial charge in [0, 0.05) is 71.6 Å². The second kappa shape index (κ2) is 12.6. The summed E-state index contributed by atoms with van der Waals surface area (Å²) in [6.45, 7) is 5.15. The van der Waals surface area contributed by atoms with Crippen LogP contribution in [-0.4, -0.2) is 56.5 Å². The second-order valence-electron chi connectivity index (χ2n) is 10.1. The van der Waals surface area contributed by atoms with Gasteiger partial charge in [-0.3, -0.25) is 19.1 Å². The molecule has 0 bridgehead atoms. The number of benzene rings is 1. The van der Waals surface area contributed by atoms with Crippen LogP contribution in [0.1, 0.15) is 37.8 Å². The van der Waals surface area contributed by atoms with E-state index in [1.165, 1.54) is 0 Å². The van der Waals surface area contributed by atoms with E-state index in [1.54, 1.807) is 10.8 Å². The molecule has 4 aromatic rings. The molecule has 40 heavy (non-hydrogen) atoms. The summed E-state index contributed by atoms with van der Waals surface area (Å²) >= 11 is 6.75. The summed E-state index contributed by atoms with van der Waals surface area (Å²) in [5, 5.41) is 4.47. The summed E-state index contributed by atoms with van der Waals surface area (Å²) in [5.41, 5.74) is 9.91. The molecule has 0 spiro atoms. The zero-order chi connectivity index (χ0) is 28.1. The molecule has 0 aliphatic carbocycles. The van der Waals surface area contributed by atoms with E-state index in [2.05, 4.69) is 15.3 Å². The van der Waals surface area contributed by atoms with Crippen LogP contribution in [0.2, 0.25) is 5.02 Å². The van der Waals surface area contributed by atoms with Gasteiger partial charge in [-0.2, -0.15) is 4.98 Å². The van der Waals surface area contributed by atoms with Gasteiger partial charge in [0.2, 0.25) is 11.9 Å². The summed E-state index contributed by atoms with van der Waals surface area (Å²) in [4.78, 5) is 41.3. The van der Waals surface area contributed by atoms with Crippen molar-refractivity contribution in [1.82, 2.24) is 24.4 Å². The third-order valence-corrected chi connectivity index (χ3v) is 7.48. The standard InChI is InChI=1S/C30H34ClN7O2/c1-20-7-4-8-26(35-20)21-10-11-23(25(31)18-21)24-17-22-19-34-30(33-13-6-15-37-14-5-9-27(37)39)36-28(22)38(29(24)40)16-3-2-12-32/h4,7-8,10-11,17-19H,2-3,5-6,9,12-16,32H2,1H3,(H,33,34,36). The average Bonchev–Trinajstić information content (AvgIpc) is 3.36. The zero-order valence-corrected chi connectivity index (χ0v) is 23.5. The van der Waals surface area contributed by atoms with Crippen LogP contribution >= 0.6 is 11.6 Å². The molecular weight excluding hydrogens is 526 g/mol. The minimum absolute atomic E-state index is 0.162. The molecule has 3 N–H and O–H groups in total. The van der Waals surface area contributed by atoms with Crippen LogP contribution in [0, 0.1) is 6.92 Å². The first-order chi connectivity index (χ1) is 19.4. The van der Waals surface area contributed by atoms with Gasteiger partial charge in [-0.1, -0.05) is 29.8 Å². The minimum atomic E-state index is -0.162. The molecule has 10 heteroatoms. The highest BCUT2D eigenvalue weighted by Gasteiger charge is 2.19. The highest BCUT2D eigenvalue weighted by molar-refractivity contribution is 6.33. The molecule has 0 saturated carbocycles. The van der Waals surface area contributed by atoms with Gasteiger partial charge >= 0.3 is 0 Å². The van der Waals surface area contributed by atoms with E-state index >= 15 is 0 Å². The number of nitrogens with zero attached hydrogens (tertiary/aromatic N) is 5. The molecule has 1 aliphatic rings. The molecule has 208 valence electrons. The van der Waals surface area contributed by atoms with E-state index in [-0.39, 0.29) is 11.5 Å². The molecule has 9 nitrogen and oxygen atoms in total. The van der Waals surface area contributed by atoms with Crippen molar-refractivity contribution in [3.8, 4) is 22.4 Å². The lowest BCUT2D eigenvalue weighted by Crippen LogP contribution is -2.27. The van der Waals surface area contributed by atoms with Gasteiger partial charge in [-0.05, 0) is 63.4 Å². The topological polar surface area (TPSA) is 119 Å². The smallest absolute Gasteiger partial charge is 0.260 e. The zero-order valence-electron chi connectivity index (χ0n) is 22.7. The predicted molar refractivity (Wildman–Crippen MR) is 159 cm³/mol. The third-order valence-electron chi connectivity index (χ3n) is 7.17. The summed E-state index contributed by atoms with van der Waals surface area (Å²) in [5.74, 6) is 0.675. The first-order valence-electron chi connectivity index (χ1n) is 13.8. The highest BCUT2D eigenvalue weighted by Crippen LogP contribution is 2.31. The lowest BCUT2D eigenvalue weighted by molar-refractivity contribution is -0.127. The number of carbonyl (C=O) groups excluding carboxylic acids is 1. The number of aryl methyl sites for hydroxylation is 2. The normalized spacial score (nSPS) is 13.4. The van der Waals surface area contributed by atoms with Crippen molar-refractivity contribution < 1.29 is 4.79 Å². The molecule has 0 unspecified atom stereocenters. The molecule has 1 aliphatic heterocycles. The number of nitrogens with two attached hydrogens (primary N) is 1. The minimum Gasteiger partial charge on any atom is -0.354 e. The largest absolute Gasteiger partial charge is 0.354 e. The second-order valence-corrected chi connectivity index (χ2v) is 10.5. The Morgan fingerprint density at radius 1 is 1.02 bits per heavy atom. The Morgan fingerprint density at radius 2 is 1.90 bits per heavy atom. The van der Waals surface area contributed by atoms with E-state index in [4.69, 9.17) is 22.3 Å². The number of amides is 1.